The highest BCUT2D eigenvalue weighted by atomic mass is 16.6. The molecule has 5 heteroatoms. The molecule has 138 valence electrons. The molecule has 0 N–H and O–H groups in total. The van der Waals surface area contributed by atoms with Gasteiger partial charge in [0.1, 0.15) is 12.6 Å². The summed E-state index contributed by atoms with van der Waals surface area (Å²) in [6.45, 7) is 0.251. The van der Waals surface area contributed by atoms with Crippen LogP contribution < -0.4 is 0 Å². The van der Waals surface area contributed by atoms with E-state index in [4.69, 9.17) is 9.47 Å². The van der Waals surface area contributed by atoms with Gasteiger partial charge >= 0.3 is 12.1 Å². The van der Waals surface area contributed by atoms with Crippen molar-refractivity contribution >= 4 is 12.1 Å². The summed E-state index contributed by atoms with van der Waals surface area (Å²) in [4.78, 5) is 26.1. The van der Waals surface area contributed by atoms with Gasteiger partial charge in [0.05, 0.1) is 0 Å². The second kappa shape index (κ2) is 6.41. The van der Waals surface area contributed by atoms with Gasteiger partial charge in [0.2, 0.25) is 0 Å². The van der Waals surface area contributed by atoms with Crippen LogP contribution in [-0.4, -0.2) is 36.3 Å². The third-order valence-corrected chi connectivity index (χ3v) is 5.82. The highest BCUT2D eigenvalue weighted by molar-refractivity contribution is 5.84. The Kier molecular flexibility index (Phi) is 3.88. The van der Waals surface area contributed by atoms with E-state index in [9.17, 15) is 9.59 Å². The Hall–Kier alpha value is -2.82. The van der Waals surface area contributed by atoms with Crippen molar-refractivity contribution in [3.63, 3.8) is 0 Å². The fourth-order valence-electron chi connectivity index (χ4n) is 4.20. The number of amides is 1. The SMILES string of the molecule is O=C1OCN(C(=O)OCC2c3ccccc3-c3ccccc32)[C@H]1CC1CC1. The van der Waals surface area contributed by atoms with Gasteiger partial charge in [-0.25, -0.2) is 9.59 Å². The Morgan fingerprint density at radius 1 is 1.04 bits per heavy atom. The monoisotopic (exact) mass is 363 g/mol. The molecule has 5 rings (SSSR count). The summed E-state index contributed by atoms with van der Waals surface area (Å²) in [5.74, 6) is 0.238. The van der Waals surface area contributed by atoms with Crippen LogP contribution in [0, 0.1) is 5.92 Å². The number of esters is 1. The summed E-state index contributed by atoms with van der Waals surface area (Å²) < 4.78 is 10.8. The highest BCUT2D eigenvalue weighted by Crippen LogP contribution is 2.44. The van der Waals surface area contributed by atoms with E-state index < -0.39 is 12.1 Å². The van der Waals surface area contributed by atoms with Gasteiger partial charge in [-0.2, -0.15) is 0 Å². The summed E-state index contributed by atoms with van der Waals surface area (Å²) >= 11 is 0. The first-order valence-corrected chi connectivity index (χ1v) is 9.50. The van der Waals surface area contributed by atoms with Gasteiger partial charge < -0.3 is 9.47 Å². The molecule has 1 heterocycles. The van der Waals surface area contributed by atoms with E-state index in [2.05, 4.69) is 24.3 Å². The highest BCUT2D eigenvalue weighted by Gasteiger charge is 2.42. The smallest absolute Gasteiger partial charge is 0.413 e. The van der Waals surface area contributed by atoms with Crippen molar-refractivity contribution in [2.45, 2.75) is 31.2 Å². The molecular weight excluding hydrogens is 342 g/mol. The molecule has 0 spiro atoms. The van der Waals surface area contributed by atoms with E-state index in [0.29, 0.717) is 12.3 Å². The van der Waals surface area contributed by atoms with Crippen LogP contribution >= 0.6 is 0 Å². The maximum Gasteiger partial charge on any atom is 0.413 e. The summed E-state index contributed by atoms with van der Waals surface area (Å²) in [6.07, 6.45) is 2.47. The zero-order valence-corrected chi connectivity index (χ0v) is 15.0. The van der Waals surface area contributed by atoms with Gasteiger partial charge in [-0.05, 0) is 34.6 Å². The maximum absolute atomic E-state index is 12.7. The molecule has 0 bridgehead atoms. The second-order valence-electron chi connectivity index (χ2n) is 7.56. The van der Waals surface area contributed by atoms with Crippen LogP contribution in [0.5, 0.6) is 0 Å². The molecule has 0 radical (unpaired) electrons. The number of nitrogens with zero attached hydrogens (tertiary/aromatic N) is 1. The van der Waals surface area contributed by atoms with Crippen molar-refractivity contribution in [3.05, 3.63) is 59.7 Å². The zero-order valence-electron chi connectivity index (χ0n) is 15.0. The third kappa shape index (κ3) is 2.87. The molecule has 1 atom stereocenters. The molecule has 1 amide bonds. The zero-order chi connectivity index (χ0) is 18.4. The molecule has 1 saturated carbocycles. The van der Waals surface area contributed by atoms with E-state index in [1.54, 1.807) is 0 Å². The van der Waals surface area contributed by atoms with Crippen molar-refractivity contribution < 1.29 is 19.1 Å². The number of carbonyl (C=O) groups excluding carboxylic acids is 2. The van der Waals surface area contributed by atoms with E-state index in [1.165, 1.54) is 27.2 Å². The molecule has 3 aliphatic rings. The van der Waals surface area contributed by atoms with Crippen molar-refractivity contribution in [1.29, 1.82) is 0 Å². The van der Waals surface area contributed by atoms with Crippen LogP contribution in [0.2, 0.25) is 0 Å². The summed E-state index contributed by atoms with van der Waals surface area (Å²) in [5.41, 5.74) is 4.74. The first-order valence-electron chi connectivity index (χ1n) is 9.50. The summed E-state index contributed by atoms with van der Waals surface area (Å²) in [7, 11) is 0. The van der Waals surface area contributed by atoms with E-state index in [1.807, 2.05) is 24.3 Å². The van der Waals surface area contributed by atoms with E-state index >= 15 is 0 Å². The summed E-state index contributed by atoms with van der Waals surface area (Å²) in [5, 5.41) is 0. The van der Waals surface area contributed by atoms with Gasteiger partial charge in [-0.15, -0.1) is 0 Å². The number of benzene rings is 2. The van der Waals surface area contributed by atoms with E-state index in [0.717, 1.165) is 12.8 Å². The number of rotatable bonds is 4. The predicted molar refractivity (Wildman–Crippen MR) is 99.0 cm³/mol. The lowest BCUT2D eigenvalue weighted by Crippen LogP contribution is -2.39. The summed E-state index contributed by atoms with van der Waals surface area (Å²) in [6, 6.07) is 16.0. The number of cyclic esters (lactones) is 1. The van der Waals surface area contributed by atoms with Crippen LogP contribution in [0.15, 0.2) is 48.5 Å². The Balaban J connectivity index is 1.32. The number of hydrogen-bond donors (Lipinski definition) is 0. The first-order chi connectivity index (χ1) is 13.2. The Bertz CT molecular complexity index is 859. The molecule has 27 heavy (non-hydrogen) atoms. The number of carbonyl (C=O) groups is 2. The predicted octanol–water partition coefficient (Wildman–Crippen LogP) is 3.92. The van der Waals surface area contributed by atoms with Gasteiger partial charge in [0, 0.05) is 5.92 Å². The first kappa shape index (κ1) is 16.4. The van der Waals surface area contributed by atoms with Gasteiger partial charge in [0.25, 0.3) is 0 Å². The average Bonchev–Trinajstić information content (AvgIpc) is 3.36. The minimum absolute atomic E-state index is 0.00705. The minimum atomic E-state index is -0.492. The normalized spacial score (nSPS) is 21.0. The Morgan fingerprint density at radius 2 is 1.67 bits per heavy atom. The van der Waals surface area contributed by atoms with Crippen molar-refractivity contribution in [1.82, 2.24) is 4.90 Å². The molecule has 0 aromatic heterocycles. The molecule has 1 saturated heterocycles. The van der Waals surface area contributed by atoms with Gasteiger partial charge in [-0.1, -0.05) is 61.4 Å². The fraction of sp³-hybridized carbons (Fsp3) is 0.364. The molecule has 2 aromatic rings. The van der Waals surface area contributed by atoms with Gasteiger partial charge in [-0.3, -0.25) is 4.90 Å². The topological polar surface area (TPSA) is 55.8 Å². The van der Waals surface area contributed by atoms with Crippen LogP contribution in [-0.2, 0) is 14.3 Å². The van der Waals surface area contributed by atoms with Crippen LogP contribution in [0.3, 0.4) is 0 Å². The Morgan fingerprint density at radius 3 is 2.30 bits per heavy atom. The molecule has 2 aromatic carbocycles. The van der Waals surface area contributed by atoms with Crippen LogP contribution in [0.25, 0.3) is 11.1 Å². The molecule has 2 aliphatic carbocycles. The molecule has 5 nitrogen and oxygen atoms in total. The molecule has 2 fully saturated rings. The lowest BCUT2D eigenvalue weighted by atomic mass is 9.98. The number of fused-ring (bicyclic) bond motifs is 3. The molecular formula is C22H21NO4. The average molecular weight is 363 g/mol. The largest absolute Gasteiger partial charge is 0.448 e. The standard InChI is InChI=1S/C22H21NO4/c24-21-20(11-14-9-10-14)23(13-27-21)22(25)26-12-19-17-7-3-1-5-15(17)16-6-2-4-8-18(16)19/h1-8,14,19-20H,9-13H2/t20-/m0/s1. The number of hydrogen-bond acceptors (Lipinski definition) is 4. The van der Waals surface area contributed by atoms with Crippen LogP contribution in [0.1, 0.15) is 36.3 Å². The van der Waals surface area contributed by atoms with Crippen molar-refractivity contribution in [3.8, 4) is 11.1 Å². The van der Waals surface area contributed by atoms with Crippen LogP contribution in [0.4, 0.5) is 4.79 Å². The maximum atomic E-state index is 12.7. The van der Waals surface area contributed by atoms with Crippen molar-refractivity contribution in [2.24, 2.45) is 5.92 Å². The Labute approximate surface area is 157 Å². The fourth-order valence-corrected chi connectivity index (χ4v) is 4.20. The number of ether oxygens (including phenoxy) is 2. The lowest BCUT2D eigenvalue weighted by Gasteiger charge is -2.21. The van der Waals surface area contributed by atoms with Crippen molar-refractivity contribution in [2.75, 3.05) is 13.3 Å². The molecule has 1 aliphatic heterocycles. The van der Waals surface area contributed by atoms with E-state index in [-0.39, 0.29) is 25.2 Å². The quantitative estimate of drug-likeness (QED) is 0.773. The molecule has 0 unspecified atom stereocenters. The third-order valence-electron chi connectivity index (χ3n) is 5.82. The van der Waals surface area contributed by atoms with Gasteiger partial charge in [0.15, 0.2) is 6.73 Å². The minimum Gasteiger partial charge on any atom is -0.448 e. The second-order valence-corrected chi connectivity index (χ2v) is 7.56. The lowest BCUT2D eigenvalue weighted by molar-refractivity contribution is -0.139.